The molecule has 0 atom stereocenters. The van der Waals surface area contributed by atoms with Crippen molar-refractivity contribution in [3.63, 3.8) is 0 Å². The number of para-hydroxylation sites is 1. The Balaban J connectivity index is 0.000000295. The van der Waals surface area contributed by atoms with Crippen LogP contribution in [0.5, 0.6) is 5.75 Å². The Morgan fingerprint density at radius 1 is 1.03 bits per heavy atom. The maximum Gasteiger partial charge on any atom is 0.258 e. The first-order chi connectivity index (χ1) is 18.9. The van der Waals surface area contributed by atoms with E-state index in [0.717, 1.165) is 49.4 Å². The highest BCUT2D eigenvalue weighted by Crippen LogP contribution is 2.28. The fraction of sp³-hybridized carbons (Fsp3) is 0.323. The number of unbranched alkanes of at least 4 members (excludes halogenated alkanes) is 1. The van der Waals surface area contributed by atoms with Crippen molar-refractivity contribution in [3.8, 4) is 5.75 Å². The molecule has 3 aromatic carbocycles. The van der Waals surface area contributed by atoms with Gasteiger partial charge in [0.15, 0.2) is 0 Å². The molecule has 0 radical (unpaired) electrons. The van der Waals surface area contributed by atoms with Crippen molar-refractivity contribution in [3.05, 3.63) is 88.9 Å². The molecule has 0 saturated heterocycles. The number of halogens is 1. The highest BCUT2D eigenvalue weighted by molar-refractivity contribution is 6.30. The number of hydrogen-bond donors (Lipinski definition) is 1. The highest BCUT2D eigenvalue weighted by Gasteiger charge is 2.23. The van der Waals surface area contributed by atoms with E-state index < -0.39 is 0 Å². The van der Waals surface area contributed by atoms with E-state index in [1.165, 1.54) is 12.5 Å². The molecule has 1 N–H and O–H groups in total. The lowest BCUT2D eigenvalue weighted by molar-refractivity contribution is -0.114. The number of aryl methyl sites for hydroxylation is 1. The van der Waals surface area contributed by atoms with E-state index in [1.54, 1.807) is 43.5 Å². The van der Waals surface area contributed by atoms with Crippen molar-refractivity contribution in [1.82, 2.24) is 0 Å². The van der Waals surface area contributed by atoms with Gasteiger partial charge in [0.1, 0.15) is 12.0 Å². The number of aldehydes is 1. The van der Waals surface area contributed by atoms with Crippen molar-refractivity contribution in [1.29, 1.82) is 0 Å². The van der Waals surface area contributed by atoms with Gasteiger partial charge in [0.25, 0.3) is 5.91 Å². The smallest absolute Gasteiger partial charge is 0.258 e. The molecule has 0 saturated carbocycles. The maximum atomic E-state index is 12.8. The number of amides is 2. The summed E-state index contributed by atoms with van der Waals surface area (Å²) in [5.74, 6) is 0.665. The zero-order valence-electron chi connectivity index (χ0n) is 22.8. The molecular formula is C31H37ClN2O5. The minimum Gasteiger partial charge on any atom is -0.494 e. The van der Waals surface area contributed by atoms with Crippen molar-refractivity contribution >= 4 is 41.1 Å². The number of methoxy groups -OCH3 is 1. The molecule has 0 unspecified atom stereocenters. The third-order valence-electron chi connectivity index (χ3n) is 5.64. The lowest BCUT2D eigenvalue weighted by Gasteiger charge is -2.29. The Morgan fingerprint density at radius 2 is 1.69 bits per heavy atom. The number of ether oxygens (including phenoxy) is 2. The molecule has 0 fully saturated rings. The monoisotopic (exact) mass is 552 g/mol. The summed E-state index contributed by atoms with van der Waals surface area (Å²) < 4.78 is 10.1. The van der Waals surface area contributed by atoms with E-state index in [0.29, 0.717) is 30.0 Å². The average molecular weight is 553 g/mol. The normalized spacial score (nSPS) is 11.5. The van der Waals surface area contributed by atoms with Crippen LogP contribution in [0.2, 0.25) is 5.02 Å². The van der Waals surface area contributed by atoms with Gasteiger partial charge < -0.3 is 24.5 Å². The van der Waals surface area contributed by atoms with Gasteiger partial charge in [-0.05, 0) is 86.3 Å². The van der Waals surface area contributed by atoms with Crippen molar-refractivity contribution in [2.75, 3.05) is 37.1 Å². The second kappa shape index (κ2) is 17.8. The summed E-state index contributed by atoms with van der Waals surface area (Å²) in [7, 11) is 1.68. The summed E-state index contributed by atoms with van der Waals surface area (Å²) in [5.41, 5.74) is 3.67. The molecule has 0 bridgehead atoms. The zero-order valence-corrected chi connectivity index (χ0v) is 23.6. The van der Waals surface area contributed by atoms with Gasteiger partial charge in [0.2, 0.25) is 5.91 Å². The van der Waals surface area contributed by atoms with E-state index in [9.17, 15) is 14.4 Å². The van der Waals surface area contributed by atoms with Crippen molar-refractivity contribution in [2.45, 2.75) is 39.5 Å². The number of hydrogen-bond acceptors (Lipinski definition) is 5. The Labute approximate surface area is 236 Å². The number of carbonyl (C=O) groups excluding carboxylic acids is 3. The van der Waals surface area contributed by atoms with Crippen LogP contribution in [0.15, 0.2) is 72.8 Å². The van der Waals surface area contributed by atoms with E-state index in [1.807, 2.05) is 42.2 Å². The van der Waals surface area contributed by atoms with E-state index in [-0.39, 0.29) is 11.8 Å². The van der Waals surface area contributed by atoms with E-state index >= 15 is 0 Å². The number of nitrogens with zero attached hydrogens (tertiary/aromatic N) is 1. The van der Waals surface area contributed by atoms with Gasteiger partial charge in [0, 0.05) is 55.6 Å². The van der Waals surface area contributed by atoms with Crippen molar-refractivity contribution < 1.29 is 23.9 Å². The third-order valence-corrected chi connectivity index (χ3v) is 5.90. The van der Waals surface area contributed by atoms with Gasteiger partial charge >= 0.3 is 0 Å². The standard InChI is InChI=1S/C20H21NO3.C8H8ClNO.C3H8O/c22-14-3-4-15-24-18-11-9-17(10-12-18)20(23)21-13-5-7-16-6-1-2-8-19(16)21;1-6(11)10-8-4-2-7(9)3-5-8;1-3-4-2/h1-2,6,8-12,14H,3-5,7,13,15H2;2-5H,1H3,(H,10,11);3H2,1-2H3. The quantitative estimate of drug-likeness (QED) is 0.252. The summed E-state index contributed by atoms with van der Waals surface area (Å²) in [5, 5.41) is 3.30. The summed E-state index contributed by atoms with van der Waals surface area (Å²) in [4.78, 5) is 35.5. The van der Waals surface area contributed by atoms with Crippen molar-refractivity contribution in [2.24, 2.45) is 0 Å². The molecule has 0 aliphatic carbocycles. The van der Waals surface area contributed by atoms with Crippen LogP contribution in [-0.4, -0.2) is 45.0 Å². The van der Waals surface area contributed by atoms with Crippen LogP contribution in [-0.2, 0) is 20.7 Å². The molecule has 7 nitrogen and oxygen atoms in total. The van der Waals surface area contributed by atoms with Crippen LogP contribution in [0, 0.1) is 0 Å². The number of carbonyl (C=O) groups is 3. The molecule has 208 valence electrons. The minimum absolute atomic E-state index is 0.0228. The minimum atomic E-state index is -0.0766. The molecule has 8 heteroatoms. The largest absolute Gasteiger partial charge is 0.494 e. The number of nitrogens with one attached hydrogen (secondary N) is 1. The Kier molecular flexibility index (Phi) is 14.4. The van der Waals surface area contributed by atoms with Gasteiger partial charge in [-0.1, -0.05) is 29.8 Å². The van der Waals surface area contributed by atoms with E-state index in [2.05, 4.69) is 16.1 Å². The van der Waals surface area contributed by atoms with Gasteiger partial charge in [0.05, 0.1) is 6.61 Å². The van der Waals surface area contributed by atoms with Crippen LogP contribution in [0.1, 0.15) is 49.0 Å². The molecule has 0 spiro atoms. The predicted octanol–water partition coefficient (Wildman–Crippen LogP) is 6.59. The molecule has 0 aromatic heterocycles. The fourth-order valence-electron chi connectivity index (χ4n) is 3.69. The average Bonchev–Trinajstić information content (AvgIpc) is 2.96. The number of rotatable bonds is 8. The number of fused-ring (bicyclic) bond motifs is 1. The first-order valence-corrected chi connectivity index (χ1v) is 13.4. The fourth-order valence-corrected chi connectivity index (χ4v) is 3.81. The van der Waals surface area contributed by atoms with Crippen LogP contribution < -0.4 is 15.0 Å². The topological polar surface area (TPSA) is 84.9 Å². The Bertz CT molecular complexity index is 1160. The zero-order chi connectivity index (χ0) is 28.5. The highest BCUT2D eigenvalue weighted by atomic mass is 35.5. The van der Waals surface area contributed by atoms with Gasteiger partial charge in [-0.2, -0.15) is 0 Å². The molecule has 4 rings (SSSR count). The molecule has 1 aliphatic rings. The Morgan fingerprint density at radius 3 is 2.31 bits per heavy atom. The van der Waals surface area contributed by atoms with E-state index in [4.69, 9.17) is 16.3 Å². The number of anilines is 2. The lowest BCUT2D eigenvalue weighted by atomic mass is 10.0. The second-order valence-corrected chi connectivity index (χ2v) is 9.07. The number of benzene rings is 3. The summed E-state index contributed by atoms with van der Waals surface area (Å²) >= 11 is 5.64. The van der Waals surface area contributed by atoms with Gasteiger partial charge in [-0.25, -0.2) is 0 Å². The predicted molar refractivity (Wildman–Crippen MR) is 157 cm³/mol. The molecule has 2 amide bonds. The molecule has 1 heterocycles. The molecule has 39 heavy (non-hydrogen) atoms. The first-order valence-electron chi connectivity index (χ1n) is 13.0. The first kappa shape index (κ1) is 31.5. The summed E-state index contributed by atoms with van der Waals surface area (Å²) in [6, 6.07) is 22.3. The molecule has 1 aliphatic heterocycles. The molecular weight excluding hydrogens is 516 g/mol. The SMILES string of the molecule is CC(=O)Nc1ccc(Cl)cc1.CCOC.O=CCCCOc1ccc(C(=O)N2CCCc3ccccc32)cc1. The second-order valence-electron chi connectivity index (χ2n) is 8.64. The van der Waals surface area contributed by atoms with Crippen LogP contribution in [0.4, 0.5) is 11.4 Å². The Hall–Kier alpha value is -3.68. The lowest BCUT2D eigenvalue weighted by Crippen LogP contribution is -2.35. The van der Waals surface area contributed by atoms with Crippen LogP contribution >= 0.6 is 11.6 Å². The van der Waals surface area contributed by atoms with Crippen LogP contribution in [0.25, 0.3) is 0 Å². The van der Waals surface area contributed by atoms with Gasteiger partial charge in [-0.3, -0.25) is 9.59 Å². The maximum absolute atomic E-state index is 12.8. The summed E-state index contributed by atoms with van der Waals surface area (Å²) in [6.07, 6.45) is 4.11. The van der Waals surface area contributed by atoms with Crippen LogP contribution in [0.3, 0.4) is 0 Å². The third kappa shape index (κ3) is 11.3. The summed E-state index contributed by atoms with van der Waals surface area (Å²) in [6.45, 7) is 5.50. The molecule has 3 aromatic rings. The van der Waals surface area contributed by atoms with Gasteiger partial charge in [-0.15, -0.1) is 0 Å².